The van der Waals surface area contributed by atoms with E-state index in [1.807, 2.05) is 24.3 Å². The van der Waals surface area contributed by atoms with Gasteiger partial charge in [-0.05, 0) is 47.9 Å². The van der Waals surface area contributed by atoms with Crippen LogP contribution >= 0.6 is 34.8 Å². The van der Waals surface area contributed by atoms with Crippen molar-refractivity contribution in [2.24, 2.45) is 0 Å². The molecule has 160 valence electrons. The monoisotopic (exact) mass is 477 g/mol. The van der Waals surface area contributed by atoms with E-state index in [2.05, 4.69) is 5.32 Å². The lowest BCUT2D eigenvalue weighted by atomic mass is 10.1. The van der Waals surface area contributed by atoms with Gasteiger partial charge in [0.1, 0.15) is 0 Å². The van der Waals surface area contributed by atoms with Gasteiger partial charge in [-0.25, -0.2) is 4.79 Å². The summed E-state index contributed by atoms with van der Waals surface area (Å²) in [5, 5.41) is 15.2. The third-order valence-electron chi connectivity index (χ3n) is 4.60. The lowest BCUT2D eigenvalue weighted by Crippen LogP contribution is -2.36. The highest BCUT2D eigenvalue weighted by atomic mass is 35.5. The van der Waals surface area contributed by atoms with Gasteiger partial charge in [0.15, 0.2) is 0 Å². The van der Waals surface area contributed by atoms with Gasteiger partial charge in [-0.2, -0.15) is 0 Å². The Morgan fingerprint density at radius 3 is 2.29 bits per heavy atom. The summed E-state index contributed by atoms with van der Waals surface area (Å²) >= 11 is 18.5. The summed E-state index contributed by atoms with van der Waals surface area (Å²) in [7, 11) is 0. The lowest BCUT2D eigenvalue weighted by molar-refractivity contribution is -0.384. The highest BCUT2D eigenvalue weighted by Crippen LogP contribution is 2.23. The molecule has 31 heavy (non-hydrogen) atoms. The molecule has 0 fully saturated rings. The van der Waals surface area contributed by atoms with E-state index in [-0.39, 0.29) is 18.3 Å². The van der Waals surface area contributed by atoms with Crippen LogP contribution in [0.2, 0.25) is 15.1 Å². The number of nitro benzene ring substituents is 1. The molecule has 3 rings (SSSR count). The second-order valence-electron chi connectivity index (χ2n) is 6.73. The standard InChI is InChI=1S/C22H18Cl3N3O3/c23-17-6-5-15(21(25)13-17)11-12-27(14-16-3-1-2-4-20(16)24)22(29)26-18-7-9-19(10-8-18)28(30)31/h1-10,13H,11-12,14H2,(H,26,29). The number of amides is 2. The molecule has 1 N–H and O–H groups in total. The molecule has 0 atom stereocenters. The number of hydrogen-bond donors (Lipinski definition) is 1. The number of carbonyl (C=O) groups excluding carboxylic acids is 1. The van der Waals surface area contributed by atoms with Crippen molar-refractivity contribution in [3.05, 3.63) is 103 Å². The van der Waals surface area contributed by atoms with Gasteiger partial charge in [-0.15, -0.1) is 0 Å². The third-order valence-corrected chi connectivity index (χ3v) is 5.56. The van der Waals surface area contributed by atoms with E-state index in [0.29, 0.717) is 33.7 Å². The molecule has 0 aliphatic rings. The van der Waals surface area contributed by atoms with Crippen molar-refractivity contribution in [3.8, 4) is 0 Å². The number of hydrogen-bond acceptors (Lipinski definition) is 3. The minimum Gasteiger partial charge on any atom is -0.320 e. The van der Waals surface area contributed by atoms with Gasteiger partial charge in [-0.3, -0.25) is 10.1 Å². The molecule has 9 heteroatoms. The van der Waals surface area contributed by atoms with Crippen molar-refractivity contribution in [2.75, 3.05) is 11.9 Å². The number of carbonyl (C=O) groups is 1. The van der Waals surface area contributed by atoms with Crippen LogP contribution in [-0.2, 0) is 13.0 Å². The van der Waals surface area contributed by atoms with Crippen molar-refractivity contribution in [3.63, 3.8) is 0 Å². The molecule has 0 aromatic heterocycles. The number of non-ortho nitro benzene ring substituents is 1. The maximum absolute atomic E-state index is 13.0. The number of halogens is 3. The topological polar surface area (TPSA) is 75.5 Å². The molecule has 3 aromatic carbocycles. The Kier molecular flexibility index (Phi) is 7.74. The smallest absolute Gasteiger partial charge is 0.320 e. The van der Waals surface area contributed by atoms with Crippen molar-refractivity contribution in [1.82, 2.24) is 4.90 Å². The highest BCUT2D eigenvalue weighted by Gasteiger charge is 2.17. The summed E-state index contributed by atoms with van der Waals surface area (Å²) in [5.41, 5.74) is 2.05. The Morgan fingerprint density at radius 1 is 0.935 bits per heavy atom. The SMILES string of the molecule is O=C(Nc1ccc([N+](=O)[O-])cc1)N(CCc1ccc(Cl)cc1Cl)Cc1ccccc1Cl. The lowest BCUT2D eigenvalue weighted by Gasteiger charge is -2.24. The van der Waals surface area contributed by atoms with E-state index in [4.69, 9.17) is 34.8 Å². The number of nitro groups is 1. The van der Waals surface area contributed by atoms with Crippen molar-refractivity contribution >= 4 is 52.2 Å². The van der Waals surface area contributed by atoms with Crippen LogP contribution in [0.3, 0.4) is 0 Å². The van der Waals surface area contributed by atoms with Gasteiger partial charge in [0.2, 0.25) is 0 Å². The minimum atomic E-state index is -0.495. The fourth-order valence-corrected chi connectivity index (χ4v) is 3.63. The molecule has 0 unspecified atom stereocenters. The van der Waals surface area contributed by atoms with Gasteiger partial charge in [-0.1, -0.05) is 59.1 Å². The maximum atomic E-state index is 13.0. The summed E-state index contributed by atoms with van der Waals surface area (Å²) < 4.78 is 0. The quantitative estimate of drug-likeness (QED) is 0.298. The van der Waals surface area contributed by atoms with E-state index in [9.17, 15) is 14.9 Å². The summed E-state index contributed by atoms with van der Waals surface area (Å²) in [6.07, 6.45) is 0.508. The fraction of sp³-hybridized carbons (Fsp3) is 0.136. The Balaban J connectivity index is 1.77. The molecule has 0 saturated heterocycles. The van der Waals surface area contributed by atoms with Crippen LogP contribution in [0.5, 0.6) is 0 Å². The predicted octanol–water partition coefficient (Wildman–Crippen LogP) is 6.83. The summed E-state index contributed by atoms with van der Waals surface area (Å²) in [4.78, 5) is 24.9. The maximum Gasteiger partial charge on any atom is 0.322 e. The number of benzene rings is 3. The average molecular weight is 479 g/mol. The fourth-order valence-electron chi connectivity index (χ4n) is 2.93. The van der Waals surface area contributed by atoms with E-state index in [1.165, 1.54) is 24.3 Å². The first-order valence-electron chi connectivity index (χ1n) is 9.31. The van der Waals surface area contributed by atoms with Crippen LogP contribution in [0.4, 0.5) is 16.2 Å². The minimum absolute atomic E-state index is 0.0525. The second-order valence-corrected chi connectivity index (χ2v) is 7.98. The Morgan fingerprint density at radius 2 is 1.65 bits per heavy atom. The van der Waals surface area contributed by atoms with E-state index < -0.39 is 4.92 Å². The van der Waals surface area contributed by atoms with Gasteiger partial charge < -0.3 is 10.2 Å². The Bertz CT molecular complexity index is 1090. The molecule has 0 radical (unpaired) electrons. The molecular formula is C22H18Cl3N3O3. The summed E-state index contributed by atoms with van der Waals surface area (Å²) in [6, 6.07) is 17.8. The Labute approximate surface area is 194 Å². The number of anilines is 1. The van der Waals surface area contributed by atoms with Gasteiger partial charge >= 0.3 is 6.03 Å². The first-order valence-corrected chi connectivity index (χ1v) is 10.4. The van der Waals surface area contributed by atoms with E-state index in [0.717, 1.165) is 11.1 Å². The zero-order chi connectivity index (χ0) is 22.4. The van der Waals surface area contributed by atoms with Crippen LogP contribution in [0.15, 0.2) is 66.7 Å². The van der Waals surface area contributed by atoms with Gasteiger partial charge in [0, 0.05) is 46.0 Å². The molecule has 0 aliphatic carbocycles. The van der Waals surface area contributed by atoms with Crippen LogP contribution in [-0.4, -0.2) is 22.4 Å². The molecule has 0 heterocycles. The van der Waals surface area contributed by atoms with Gasteiger partial charge in [0.05, 0.1) is 4.92 Å². The predicted molar refractivity (Wildman–Crippen MR) is 124 cm³/mol. The molecule has 0 bridgehead atoms. The molecule has 6 nitrogen and oxygen atoms in total. The first-order chi connectivity index (χ1) is 14.8. The molecule has 0 aliphatic heterocycles. The van der Waals surface area contributed by atoms with Crippen LogP contribution in [0.1, 0.15) is 11.1 Å². The average Bonchev–Trinajstić information content (AvgIpc) is 2.73. The zero-order valence-electron chi connectivity index (χ0n) is 16.2. The molecule has 0 spiro atoms. The third kappa shape index (κ3) is 6.34. The van der Waals surface area contributed by atoms with Crippen molar-refractivity contribution < 1.29 is 9.72 Å². The van der Waals surface area contributed by atoms with E-state index in [1.54, 1.807) is 23.1 Å². The molecule has 2 amide bonds. The van der Waals surface area contributed by atoms with Crippen LogP contribution < -0.4 is 5.32 Å². The Hall–Kier alpha value is -2.80. The van der Waals surface area contributed by atoms with Crippen LogP contribution in [0, 0.1) is 10.1 Å². The number of nitrogens with zero attached hydrogens (tertiary/aromatic N) is 2. The molecule has 0 saturated carbocycles. The number of nitrogens with one attached hydrogen (secondary N) is 1. The first kappa shape index (κ1) is 22.9. The highest BCUT2D eigenvalue weighted by molar-refractivity contribution is 6.35. The zero-order valence-corrected chi connectivity index (χ0v) is 18.5. The number of rotatable bonds is 7. The summed E-state index contributed by atoms with van der Waals surface area (Å²) in [6.45, 7) is 0.648. The van der Waals surface area contributed by atoms with E-state index >= 15 is 0 Å². The molecular weight excluding hydrogens is 461 g/mol. The largest absolute Gasteiger partial charge is 0.322 e. The molecule has 3 aromatic rings. The van der Waals surface area contributed by atoms with Crippen molar-refractivity contribution in [2.45, 2.75) is 13.0 Å². The normalized spacial score (nSPS) is 10.5. The second kappa shape index (κ2) is 10.5. The number of urea groups is 1. The van der Waals surface area contributed by atoms with Crippen molar-refractivity contribution in [1.29, 1.82) is 0 Å². The summed E-state index contributed by atoms with van der Waals surface area (Å²) in [5.74, 6) is 0. The van der Waals surface area contributed by atoms with Gasteiger partial charge in [0.25, 0.3) is 5.69 Å². The van der Waals surface area contributed by atoms with Crippen LogP contribution in [0.25, 0.3) is 0 Å².